The van der Waals surface area contributed by atoms with Crippen LogP contribution in [0, 0.1) is 0 Å². The van der Waals surface area contributed by atoms with E-state index in [0.717, 1.165) is 5.46 Å². The Labute approximate surface area is 133 Å². The summed E-state index contributed by atoms with van der Waals surface area (Å²) in [5.74, 6) is 0.548. The molecule has 0 spiro atoms. The van der Waals surface area contributed by atoms with Gasteiger partial charge in [0.15, 0.2) is 9.84 Å². The molecule has 122 valence electrons. The lowest BCUT2D eigenvalue weighted by Crippen LogP contribution is -2.41. The van der Waals surface area contributed by atoms with Crippen molar-refractivity contribution in [3.63, 3.8) is 0 Å². The highest BCUT2D eigenvalue weighted by Crippen LogP contribution is 2.37. The van der Waals surface area contributed by atoms with Crippen LogP contribution in [0.4, 0.5) is 0 Å². The molecule has 1 heterocycles. The first kappa shape index (κ1) is 17.3. The molecule has 0 N–H and O–H groups in total. The minimum Gasteiger partial charge on any atom is -0.497 e. The molecular weight excluding hydrogens is 303 g/mol. The van der Waals surface area contributed by atoms with Gasteiger partial charge in [-0.1, -0.05) is 12.1 Å². The number of benzene rings is 1. The monoisotopic (exact) mass is 326 g/mol. The zero-order valence-electron chi connectivity index (χ0n) is 14.0. The summed E-state index contributed by atoms with van der Waals surface area (Å²) in [4.78, 5) is 0. The van der Waals surface area contributed by atoms with Crippen LogP contribution in [0.15, 0.2) is 18.2 Å². The summed E-state index contributed by atoms with van der Waals surface area (Å²) in [5.41, 5.74) is 0.570. The molecule has 22 heavy (non-hydrogen) atoms. The van der Waals surface area contributed by atoms with Gasteiger partial charge in [-0.25, -0.2) is 8.42 Å². The van der Waals surface area contributed by atoms with Crippen molar-refractivity contribution in [2.45, 2.75) is 44.6 Å². The molecule has 0 atom stereocenters. The first-order valence-corrected chi connectivity index (χ1v) is 9.21. The van der Waals surface area contributed by atoms with Crippen molar-refractivity contribution in [2.75, 3.05) is 13.4 Å². The normalized spacial score (nSPS) is 20.2. The molecule has 0 radical (unpaired) electrons. The quantitative estimate of drug-likeness (QED) is 0.786. The average Bonchev–Trinajstić information content (AvgIpc) is 2.56. The Kier molecular flexibility index (Phi) is 4.36. The van der Waals surface area contributed by atoms with Gasteiger partial charge in [-0.2, -0.15) is 0 Å². The summed E-state index contributed by atoms with van der Waals surface area (Å²) < 4.78 is 40.3. The maximum Gasteiger partial charge on any atom is 0.498 e. The van der Waals surface area contributed by atoms with Gasteiger partial charge in [0.25, 0.3) is 0 Å². The number of ether oxygens (including phenoxy) is 1. The van der Waals surface area contributed by atoms with Crippen LogP contribution in [0.1, 0.15) is 33.3 Å². The third-order valence-electron chi connectivity index (χ3n) is 4.23. The second-order valence-corrected chi connectivity index (χ2v) is 8.87. The molecule has 1 aromatic carbocycles. The van der Waals surface area contributed by atoms with Crippen LogP contribution in [0.5, 0.6) is 5.75 Å². The first-order chi connectivity index (χ1) is 9.95. The van der Waals surface area contributed by atoms with E-state index in [1.54, 1.807) is 19.2 Å². The molecule has 7 heteroatoms. The van der Waals surface area contributed by atoms with Crippen molar-refractivity contribution in [3.05, 3.63) is 23.8 Å². The Hall–Kier alpha value is -1.05. The van der Waals surface area contributed by atoms with Gasteiger partial charge >= 0.3 is 7.12 Å². The SMILES string of the molecule is COc1cc(CS(C)(=O)=O)ccc1B1OC(C)(C)C(C)(C)O1. The Balaban J connectivity index is 2.33. The van der Waals surface area contributed by atoms with Gasteiger partial charge in [0, 0.05) is 11.7 Å². The van der Waals surface area contributed by atoms with Crippen molar-refractivity contribution in [1.29, 1.82) is 0 Å². The van der Waals surface area contributed by atoms with Crippen LogP contribution in [0.25, 0.3) is 0 Å². The molecule has 1 aromatic rings. The lowest BCUT2D eigenvalue weighted by molar-refractivity contribution is 0.00578. The van der Waals surface area contributed by atoms with E-state index in [1.807, 2.05) is 33.8 Å². The fourth-order valence-corrected chi connectivity index (χ4v) is 3.10. The van der Waals surface area contributed by atoms with E-state index in [2.05, 4.69) is 0 Å². The summed E-state index contributed by atoms with van der Waals surface area (Å²) in [7, 11) is -2.07. The lowest BCUT2D eigenvalue weighted by atomic mass is 9.78. The maximum absolute atomic E-state index is 11.4. The third-order valence-corrected chi connectivity index (χ3v) is 5.09. The van der Waals surface area contributed by atoms with E-state index in [-0.39, 0.29) is 5.75 Å². The van der Waals surface area contributed by atoms with Gasteiger partial charge in [-0.05, 0) is 39.3 Å². The Morgan fingerprint density at radius 2 is 1.68 bits per heavy atom. The summed E-state index contributed by atoms with van der Waals surface area (Å²) >= 11 is 0. The molecule has 2 rings (SSSR count). The molecule has 1 aliphatic heterocycles. The summed E-state index contributed by atoms with van der Waals surface area (Å²) in [6, 6.07) is 5.30. The number of sulfone groups is 1. The highest BCUT2D eigenvalue weighted by Gasteiger charge is 2.52. The molecule has 1 fully saturated rings. The second kappa shape index (κ2) is 5.55. The van der Waals surface area contributed by atoms with E-state index in [0.29, 0.717) is 11.3 Å². The molecule has 0 unspecified atom stereocenters. The topological polar surface area (TPSA) is 61.8 Å². The van der Waals surface area contributed by atoms with Gasteiger partial charge in [-0.15, -0.1) is 0 Å². The summed E-state index contributed by atoms with van der Waals surface area (Å²) in [5, 5.41) is 0. The van der Waals surface area contributed by atoms with Crippen LogP contribution in [-0.4, -0.2) is 40.1 Å². The fourth-order valence-electron chi connectivity index (χ4n) is 2.31. The molecule has 0 bridgehead atoms. The molecular formula is C15H23BO5S. The van der Waals surface area contributed by atoms with Crippen LogP contribution in [-0.2, 0) is 24.9 Å². The van der Waals surface area contributed by atoms with Crippen LogP contribution in [0.2, 0.25) is 0 Å². The Bertz CT molecular complexity index is 651. The predicted molar refractivity (Wildman–Crippen MR) is 87.3 cm³/mol. The Morgan fingerprint density at radius 3 is 2.14 bits per heavy atom. The number of hydrogen-bond donors (Lipinski definition) is 0. The third kappa shape index (κ3) is 3.47. The molecule has 0 amide bonds. The molecule has 5 nitrogen and oxygen atoms in total. The van der Waals surface area contributed by atoms with Crippen molar-refractivity contribution in [2.24, 2.45) is 0 Å². The number of methoxy groups -OCH3 is 1. The summed E-state index contributed by atoms with van der Waals surface area (Å²) in [6.07, 6.45) is 1.21. The number of hydrogen-bond acceptors (Lipinski definition) is 5. The van der Waals surface area contributed by atoms with E-state index in [4.69, 9.17) is 14.0 Å². The highest BCUT2D eigenvalue weighted by molar-refractivity contribution is 7.89. The van der Waals surface area contributed by atoms with Crippen LogP contribution in [0.3, 0.4) is 0 Å². The second-order valence-electron chi connectivity index (χ2n) is 6.73. The lowest BCUT2D eigenvalue weighted by Gasteiger charge is -2.32. The van der Waals surface area contributed by atoms with Crippen LogP contribution < -0.4 is 10.2 Å². The highest BCUT2D eigenvalue weighted by atomic mass is 32.2. The average molecular weight is 326 g/mol. The van der Waals surface area contributed by atoms with Crippen LogP contribution >= 0.6 is 0 Å². The van der Waals surface area contributed by atoms with Crippen molar-refractivity contribution in [3.8, 4) is 5.75 Å². The molecule has 0 aromatic heterocycles. The largest absolute Gasteiger partial charge is 0.498 e. The van der Waals surface area contributed by atoms with Gasteiger partial charge in [0.1, 0.15) is 5.75 Å². The zero-order chi connectivity index (χ0) is 16.8. The molecule has 1 saturated heterocycles. The van der Waals surface area contributed by atoms with E-state index in [1.165, 1.54) is 6.26 Å². The van der Waals surface area contributed by atoms with Crippen molar-refractivity contribution < 1.29 is 22.5 Å². The smallest absolute Gasteiger partial charge is 0.497 e. The minimum absolute atomic E-state index is 0.0208. The van der Waals surface area contributed by atoms with E-state index < -0.39 is 28.2 Å². The molecule has 0 aliphatic carbocycles. The molecule has 0 saturated carbocycles. The maximum atomic E-state index is 11.4. The number of rotatable bonds is 4. The minimum atomic E-state index is -3.09. The predicted octanol–water partition coefficient (Wildman–Crippen LogP) is 1.54. The Morgan fingerprint density at radius 1 is 1.14 bits per heavy atom. The molecule has 1 aliphatic rings. The van der Waals surface area contributed by atoms with Gasteiger partial charge in [0.05, 0.1) is 24.1 Å². The van der Waals surface area contributed by atoms with Gasteiger partial charge in [0.2, 0.25) is 0 Å². The van der Waals surface area contributed by atoms with Crippen molar-refractivity contribution in [1.82, 2.24) is 0 Å². The standard InChI is InChI=1S/C15H23BO5S/c1-14(2)15(3,4)21-16(20-14)12-8-7-11(9-13(12)19-5)10-22(6,17)18/h7-9H,10H2,1-6H3. The van der Waals surface area contributed by atoms with Gasteiger partial charge in [-0.3, -0.25) is 0 Å². The first-order valence-electron chi connectivity index (χ1n) is 7.15. The van der Waals surface area contributed by atoms with E-state index >= 15 is 0 Å². The van der Waals surface area contributed by atoms with Gasteiger partial charge < -0.3 is 14.0 Å². The fraction of sp³-hybridized carbons (Fsp3) is 0.600. The van der Waals surface area contributed by atoms with Crippen molar-refractivity contribution >= 4 is 22.4 Å². The summed E-state index contributed by atoms with van der Waals surface area (Å²) in [6.45, 7) is 7.93. The van der Waals surface area contributed by atoms with E-state index in [9.17, 15) is 8.42 Å². The zero-order valence-corrected chi connectivity index (χ0v) is 14.8.